The summed E-state index contributed by atoms with van der Waals surface area (Å²) in [7, 11) is 0. The first-order chi connectivity index (χ1) is 16.0. The largest absolute Gasteiger partial charge is 0.339 e. The molecule has 1 unspecified atom stereocenters. The van der Waals surface area contributed by atoms with Crippen LogP contribution in [0.3, 0.4) is 0 Å². The number of para-hydroxylation sites is 1. The van der Waals surface area contributed by atoms with Crippen LogP contribution >= 0.6 is 0 Å². The number of carbonyl (C=O) groups is 1. The molecule has 33 heavy (non-hydrogen) atoms. The average Bonchev–Trinajstić information content (AvgIpc) is 3.47. The van der Waals surface area contributed by atoms with Gasteiger partial charge in [0.1, 0.15) is 11.3 Å². The van der Waals surface area contributed by atoms with Gasteiger partial charge in [-0.2, -0.15) is 0 Å². The summed E-state index contributed by atoms with van der Waals surface area (Å²) in [6.45, 7) is 6.75. The van der Waals surface area contributed by atoms with Crippen LogP contribution in [0.15, 0.2) is 42.6 Å². The predicted molar refractivity (Wildman–Crippen MR) is 131 cm³/mol. The molecule has 1 amide bonds. The second-order valence-corrected chi connectivity index (χ2v) is 9.94. The van der Waals surface area contributed by atoms with E-state index in [-0.39, 0.29) is 11.9 Å². The standard InChI is InChI=1S/C27H31N5O/c1-17-5-3-6-20-13-23(32(26(17)20)15-19-8-9-19)25-18(2)31-12-10-21(14-24(31)29-25)27(33)30-11-4-7-22(28)16-30/h3,5-6,10,12-14,19,22H,4,7-9,11,15-16,28H2,1-2H3. The number of pyridine rings is 1. The fraction of sp³-hybridized carbons (Fsp3) is 0.407. The first kappa shape index (κ1) is 20.5. The normalized spacial score (nSPS) is 19.0. The van der Waals surface area contributed by atoms with Crippen molar-refractivity contribution in [3.8, 4) is 11.4 Å². The van der Waals surface area contributed by atoms with Crippen molar-refractivity contribution in [2.24, 2.45) is 11.7 Å². The number of aryl methyl sites for hydroxylation is 2. The molecule has 1 aliphatic carbocycles. The van der Waals surface area contributed by atoms with Gasteiger partial charge in [0.15, 0.2) is 0 Å². The van der Waals surface area contributed by atoms with Gasteiger partial charge >= 0.3 is 0 Å². The first-order valence-corrected chi connectivity index (χ1v) is 12.1. The Hall–Kier alpha value is -3.12. The van der Waals surface area contributed by atoms with Gasteiger partial charge in [0, 0.05) is 48.5 Å². The molecule has 6 nitrogen and oxygen atoms in total. The highest BCUT2D eigenvalue weighted by atomic mass is 16.2. The molecule has 170 valence electrons. The second-order valence-electron chi connectivity index (χ2n) is 9.94. The lowest BCUT2D eigenvalue weighted by Crippen LogP contribution is -2.45. The highest BCUT2D eigenvalue weighted by Gasteiger charge is 2.27. The molecule has 3 aromatic heterocycles. The molecule has 1 saturated heterocycles. The van der Waals surface area contributed by atoms with Gasteiger partial charge < -0.3 is 19.6 Å². The number of aromatic nitrogens is 3. The lowest BCUT2D eigenvalue weighted by atomic mass is 10.1. The topological polar surface area (TPSA) is 68.6 Å². The monoisotopic (exact) mass is 441 g/mol. The van der Waals surface area contributed by atoms with E-state index in [4.69, 9.17) is 10.7 Å². The smallest absolute Gasteiger partial charge is 0.254 e. The summed E-state index contributed by atoms with van der Waals surface area (Å²) >= 11 is 0. The molecule has 1 aliphatic heterocycles. The number of amides is 1. The van der Waals surface area contributed by atoms with Crippen molar-refractivity contribution in [2.45, 2.75) is 52.1 Å². The molecule has 2 N–H and O–H groups in total. The van der Waals surface area contributed by atoms with Crippen LogP contribution in [0.1, 0.15) is 47.3 Å². The quantitative estimate of drug-likeness (QED) is 0.505. The number of fused-ring (bicyclic) bond motifs is 2. The maximum atomic E-state index is 13.1. The van der Waals surface area contributed by atoms with E-state index in [0.717, 1.165) is 48.9 Å². The molecule has 2 fully saturated rings. The minimum atomic E-state index is 0.0494. The Kier molecular flexibility index (Phi) is 4.80. The zero-order valence-electron chi connectivity index (χ0n) is 19.4. The zero-order valence-corrected chi connectivity index (χ0v) is 19.4. The predicted octanol–water partition coefficient (Wildman–Crippen LogP) is 4.55. The summed E-state index contributed by atoms with van der Waals surface area (Å²) in [5, 5.41) is 1.26. The summed E-state index contributed by atoms with van der Waals surface area (Å²) < 4.78 is 4.57. The minimum Gasteiger partial charge on any atom is -0.339 e. The van der Waals surface area contributed by atoms with Gasteiger partial charge in [-0.05, 0) is 69.2 Å². The van der Waals surface area contributed by atoms with Crippen molar-refractivity contribution in [1.82, 2.24) is 18.9 Å². The number of imidazole rings is 1. The van der Waals surface area contributed by atoms with E-state index in [9.17, 15) is 4.79 Å². The van der Waals surface area contributed by atoms with Crippen LogP contribution in [0.2, 0.25) is 0 Å². The molecule has 0 bridgehead atoms. The maximum Gasteiger partial charge on any atom is 0.254 e. The van der Waals surface area contributed by atoms with Crippen molar-refractivity contribution < 1.29 is 4.79 Å². The van der Waals surface area contributed by atoms with Gasteiger partial charge in [-0.3, -0.25) is 4.79 Å². The van der Waals surface area contributed by atoms with E-state index in [1.54, 1.807) is 0 Å². The van der Waals surface area contributed by atoms with Crippen molar-refractivity contribution in [3.05, 3.63) is 59.4 Å². The van der Waals surface area contributed by atoms with Crippen LogP contribution in [-0.4, -0.2) is 43.9 Å². The summed E-state index contributed by atoms with van der Waals surface area (Å²) in [6.07, 6.45) is 6.55. The highest BCUT2D eigenvalue weighted by Crippen LogP contribution is 2.37. The van der Waals surface area contributed by atoms with Gasteiger partial charge in [0.05, 0.1) is 11.2 Å². The summed E-state index contributed by atoms with van der Waals surface area (Å²) in [5.74, 6) is 0.810. The van der Waals surface area contributed by atoms with Crippen molar-refractivity contribution in [1.29, 1.82) is 0 Å². The average molecular weight is 442 g/mol. The number of hydrogen-bond donors (Lipinski definition) is 1. The molecule has 0 spiro atoms. The third-order valence-electron chi connectivity index (χ3n) is 7.36. The van der Waals surface area contributed by atoms with Crippen LogP contribution < -0.4 is 5.73 Å². The van der Waals surface area contributed by atoms with E-state index in [1.807, 2.05) is 23.2 Å². The molecule has 6 rings (SSSR count). The van der Waals surface area contributed by atoms with Crippen molar-refractivity contribution in [2.75, 3.05) is 13.1 Å². The van der Waals surface area contributed by atoms with Crippen molar-refractivity contribution >= 4 is 22.5 Å². The van der Waals surface area contributed by atoms with E-state index in [2.05, 4.69) is 47.1 Å². The van der Waals surface area contributed by atoms with Crippen LogP contribution in [0, 0.1) is 19.8 Å². The van der Waals surface area contributed by atoms with Crippen LogP contribution in [0.25, 0.3) is 27.9 Å². The number of piperidine rings is 1. The first-order valence-electron chi connectivity index (χ1n) is 12.1. The molecular formula is C27H31N5O. The van der Waals surface area contributed by atoms with Gasteiger partial charge in [0.25, 0.3) is 5.91 Å². The minimum absolute atomic E-state index is 0.0494. The Morgan fingerprint density at radius 3 is 2.79 bits per heavy atom. The molecule has 1 aromatic carbocycles. The number of rotatable bonds is 4. The lowest BCUT2D eigenvalue weighted by Gasteiger charge is -2.30. The van der Waals surface area contributed by atoms with Gasteiger partial charge in [-0.15, -0.1) is 0 Å². The molecule has 0 radical (unpaired) electrons. The number of benzene rings is 1. The highest BCUT2D eigenvalue weighted by molar-refractivity contribution is 5.95. The molecule has 1 saturated carbocycles. The van der Waals surface area contributed by atoms with Crippen molar-refractivity contribution in [3.63, 3.8) is 0 Å². The third kappa shape index (κ3) is 3.53. The molecule has 4 aromatic rings. The number of nitrogens with zero attached hydrogens (tertiary/aromatic N) is 4. The Labute approximate surface area is 194 Å². The number of nitrogens with two attached hydrogens (primary N) is 1. The van der Waals surface area contributed by atoms with E-state index in [1.165, 1.54) is 35.0 Å². The molecule has 1 atom stereocenters. The van der Waals surface area contributed by atoms with E-state index >= 15 is 0 Å². The molecule has 6 heteroatoms. The van der Waals surface area contributed by atoms with Gasteiger partial charge in [0.2, 0.25) is 0 Å². The Morgan fingerprint density at radius 2 is 2.00 bits per heavy atom. The van der Waals surface area contributed by atoms with Crippen LogP contribution in [0.4, 0.5) is 0 Å². The molecule has 2 aliphatic rings. The fourth-order valence-electron chi connectivity index (χ4n) is 5.38. The Morgan fingerprint density at radius 1 is 1.15 bits per heavy atom. The maximum absolute atomic E-state index is 13.1. The number of hydrogen-bond acceptors (Lipinski definition) is 3. The summed E-state index contributed by atoms with van der Waals surface area (Å²) in [6, 6.07) is 12.7. The van der Waals surface area contributed by atoms with Gasteiger partial charge in [-0.1, -0.05) is 18.2 Å². The van der Waals surface area contributed by atoms with Crippen LogP contribution in [0.5, 0.6) is 0 Å². The fourth-order valence-corrected chi connectivity index (χ4v) is 5.38. The Bertz CT molecular complexity index is 1380. The second kappa shape index (κ2) is 7.73. The zero-order chi connectivity index (χ0) is 22.7. The summed E-state index contributed by atoms with van der Waals surface area (Å²) in [5.41, 5.74) is 13.5. The molecule has 4 heterocycles. The number of likely N-dealkylation sites (tertiary alicyclic amines) is 1. The lowest BCUT2D eigenvalue weighted by molar-refractivity contribution is 0.0709. The third-order valence-corrected chi connectivity index (χ3v) is 7.36. The summed E-state index contributed by atoms with van der Waals surface area (Å²) in [4.78, 5) is 20.0. The number of carbonyl (C=O) groups excluding carboxylic acids is 1. The van der Waals surface area contributed by atoms with Gasteiger partial charge in [-0.25, -0.2) is 4.98 Å². The van der Waals surface area contributed by atoms with Crippen LogP contribution in [-0.2, 0) is 6.54 Å². The Balaban J connectivity index is 1.43. The SMILES string of the molecule is Cc1cccc2cc(-c3nc4cc(C(=O)N5CCCC(N)C5)ccn4c3C)n(CC3CC3)c12. The van der Waals surface area contributed by atoms with E-state index < -0.39 is 0 Å². The molecular weight excluding hydrogens is 410 g/mol. The van der Waals surface area contributed by atoms with E-state index in [0.29, 0.717) is 12.1 Å².